The summed E-state index contributed by atoms with van der Waals surface area (Å²) in [6.07, 6.45) is 5.33. The van der Waals surface area contributed by atoms with Gasteiger partial charge < -0.3 is 15.0 Å². The van der Waals surface area contributed by atoms with E-state index in [9.17, 15) is 10.1 Å². The Morgan fingerprint density at radius 2 is 2.04 bits per heavy atom. The van der Waals surface area contributed by atoms with Crippen LogP contribution in [0.15, 0.2) is 0 Å². The molecule has 1 aliphatic carbocycles. The van der Waals surface area contributed by atoms with Crippen LogP contribution < -0.4 is 10.2 Å². The maximum absolute atomic E-state index is 12.3. The van der Waals surface area contributed by atoms with E-state index >= 15 is 0 Å². The normalized spacial score (nSPS) is 26.5. The molecule has 5 nitrogen and oxygen atoms in total. The number of nitrogens with one attached hydrogen (secondary N) is 2. The van der Waals surface area contributed by atoms with Crippen molar-refractivity contribution in [2.24, 2.45) is 0 Å². The van der Waals surface area contributed by atoms with Gasteiger partial charge in [-0.05, 0) is 45.1 Å². The maximum Gasteiger partial charge on any atom is 0.230 e. The molecule has 3 rings (SSSR count). The number of hydrogen-bond acceptors (Lipinski definition) is 4. The van der Waals surface area contributed by atoms with Crippen molar-refractivity contribution in [3.05, 3.63) is 16.0 Å². The molecule has 1 saturated heterocycles. The Hall–Kier alpha value is -1.42. The number of ether oxygens (including phenoxy) is 1. The van der Waals surface area contributed by atoms with E-state index in [1.165, 1.54) is 21.8 Å². The zero-order valence-electron chi connectivity index (χ0n) is 14.5. The molecule has 2 atom stereocenters. The third-order valence-corrected chi connectivity index (χ3v) is 6.07. The molecule has 0 aromatic carbocycles. The van der Waals surface area contributed by atoms with Gasteiger partial charge >= 0.3 is 0 Å². The van der Waals surface area contributed by atoms with E-state index in [4.69, 9.17) is 4.74 Å². The lowest BCUT2D eigenvalue weighted by Gasteiger charge is -2.32. The molecular formula is C18H26N3O2S+. The summed E-state index contributed by atoms with van der Waals surface area (Å²) >= 11 is 1.60. The summed E-state index contributed by atoms with van der Waals surface area (Å²) in [5, 5.41) is 13.2. The van der Waals surface area contributed by atoms with E-state index in [2.05, 4.69) is 25.2 Å². The predicted octanol–water partition coefficient (Wildman–Crippen LogP) is 1.52. The number of anilines is 1. The lowest BCUT2D eigenvalue weighted by atomic mass is 9.96. The second kappa shape index (κ2) is 7.64. The number of hydrogen-bond donors (Lipinski definition) is 2. The highest BCUT2D eigenvalue weighted by atomic mass is 32.1. The molecule has 1 amide bonds. The fourth-order valence-corrected chi connectivity index (χ4v) is 5.10. The molecule has 1 aromatic heterocycles. The summed E-state index contributed by atoms with van der Waals surface area (Å²) in [5.41, 5.74) is 1.87. The third kappa shape index (κ3) is 3.97. The first-order valence-electron chi connectivity index (χ1n) is 8.90. The molecule has 1 fully saturated rings. The molecule has 1 aliphatic heterocycles. The van der Waals surface area contributed by atoms with Gasteiger partial charge in [-0.1, -0.05) is 0 Å². The van der Waals surface area contributed by atoms with Crippen LogP contribution in [0.5, 0.6) is 0 Å². The number of carbonyl (C=O) groups is 1. The standard InChI is InChI=1S/C18H25N3O2S/c1-12-10-21(11-13(2)23-12)8-7-17(22)20-18-15(9-19)14-5-3-4-6-16(14)24-18/h12-13H,3-8,10-11H2,1-2H3,(H,20,22)/p+1/t12-,13-/m0/s1. The summed E-state index contributed by atoms with van der Waals surface area (Å²) < 4.78 is 5.74. The summed E-state index contributed by atoms with van der Waals surface area (Å²) in [7, 11) is 0. The number of aryl methyl sites for hydroxylation is 1. The van der Waals surface area contributed by atoms with Gasteiger partial charge in [0.2, 0.25) is 5.91 Å². The molecule has 0 saturated carbocycles. The zero-order valence-corrected chi connectivity index (χ0v) is 15.3. The topological polar surface area (TPSA) is 66.6 Å². The van der Waals surface area contributed by atoms with Crippen molar-refractivity contribution in [1.82, 2.24) is 0 Å². The highest BCUT2D eigenvalue weighted by molar-refractivity contribution is 7.16. The van der Waals surface area contributed by atoms with Gasteiger partial charge in [0.1, 0.15) is 36.4 Å². The smallest absolute Gasteiger partial charge is 0.230 e. The number of fused-ring (bicyclic) bond motifs is 1. The molecular weight excluding hydrogens is 322 g/mol. The molecule has 0 bridgehead atoms. The number of nitriles is 1. The molecule has 6 heteroatoms. The number of nitrogens with zero attached hydrogens (tertiary/aromatic N) is 1. The van der Waals surface area contributed by atoms with Crippen LogP contribution in [0.4, 0.5) is 5.00 Å². The van der Waals surface area contributed by atoms with E-state index < -0.39 is 0 Å². The number of quaternary nitrogens is 1. The fraction of sp³-hybridized carbons (Fsp3) is 0.667. The number of carbonyl (C=O) groups excluding carboxylic acids is 1. The Balaban J connectivity index is 1.57. The Morgan fingerprint density at radius 1 is 1.33 bits per heavy atom. The third-order valence-electron chi connectivity index (χ3n) is 4.86. The first kappa shape index (κ1) is 17.4. The first-order chi connectivity index (χ1) is 11.6. The van der Waals surface area contributed by atoms with Gasteiger partial charge in [-0.2, -0.15) is 5.26 Å². The van der Waals surface area contributed by atoms with Gasteiger partial charge in [-0.25, -0.2) is 0 Å². The molecule has 2 aliphatic rings. The number of morpholine rings is 1. The van der Waals surface area contributed by atoms with Gasteiger partial charge in [0.15, 0.2) is 0 Å². The van der Waals surface area contributed by atoms with Crippen molar-refractivity contribution in [1.29, 1.82) is 5.26 Å². The van der Waals surface area contributed by atoms with E-state index in [0.717, 1.165) is 43.9 Å². The minimum absolute atomic E-state index is 0.0180. The maximum atomic E-state index is 12.3. The molecule has 24 heavy (non-hydrogen) atoms. The molecule has 2 N–H and O–H groups in total. The van der Waals surface area contributed by atoms with E-state index in [1.807, 2.05) is 0 Å². The van der Waals surface area contributed by atoms with Crippen LogP contribution in [0.2, 0.25) is 0 Å². The largest absolute Gasteiger partial charge is 0.364 e. The van der Waals surface area contributed by atoms with Gasteiger partial charge in [0, 0.05) is 4.88 Å². The second-order valence-electron chi connectivity index (χ2n) is 6.99. The quantitative estimate of drug-likeness (QED) is 0.867. The molecule has 0 spiro atoms. The van der Waals surface area contributed by atoms with E-state index in [-0.39, 0.29) is 18.1 Å². The summed E-state index contributed by atoms with van der Waals surface area (Å²) in [5.74, 6) is 0.0180. The Kier molecular flexibility index (Phi) is 5.54. The van der Waals surface area contributed by atoms with Crippen molar-refractivity contribution in [2.45, 2.75) is 58.2 Å². The fourth-order valence-electron chi connectivity index (χ4n) is 3.84. The van der Waals surface area contributed by atoms with E-state index in [1.54, 1.807) is 11.3 Å². The molecule has 1 aromatic rings. The van der Waals surface area contributed by atoms with Crippen molar-refractivity contribution >= 4 is 22.2 Å². The number of rotatable bonds is 4. The highest BCUT2D eigenvalue weighted by Crippen LogP contribution is 2.37. The van der Waals surface area contributed by atoms with Crippen LogP contribution in [0.3, 0.4) is 0 Å². The van der Waals surface area contributed by atoms with Crippen molar-refractivity contribution in [3.8, 4) is 6.07 Å². The summed E-state index contributed by atoms with van der Waals surface area (Å²) in [4.78, 5) is 15.0. The predicted molar refractivity (Wildman–Crippen MR) is 94.5 cm³/mol. The monoisotopic (exact) mass is 348 g/mol. The zero-order chi connectivity index (χ0) is 17.1. The van der Waals surface area contributed by atoms with Crippen LogP contribution in [0, 0.1) is 11.3 Å². The van der Waals surface area contributed by atoms with Crippen LogP contribution in [0.1, 0.15) is 49.1 Å². The van der Waals surface area contributed by atoms with Gasteiger partial charge in [-0.15, -0.1) is 11.3 Å². The lowest BCUT2D eigenvalue weighted by Crippen LogP contribution is -3.15. The average Bonchev–Trinajstić information content (AvgIpc) is 2.89. The number of thiophene rings is 1. The average molecular weight is 348 g/mol. The number of amides is 1. The van der Waals surface area contributed by atoms with Crippen molar-refractivity contribution < 1.29 is 14.4 Å². The lowest BCUT2D eigenvalue weighted by molar-refractivity contribution is -0.914. The van der Waals surface area contributed by atoms with Gasteiger partial charge in [0.05, 0.1) is 18.5 Å². The molecule has 0 radical (unpaired) electrons. The van der Waals surface area contributed by atoms with Crippen molar-refractivity contribution in [2.75, 3.05) is 25.0 Å². The summed E-state index contributed by atoms with van der Waals surface area (Å²) in [6, 6.07) is 2.30. The summed E-state index contributed by atoms with van der Waals surface area (Å²) in [6.45, 7) is 6.90. The van der Waals surface area contributed by atoms with E-state index in [0.29, 0.717) is 12.0 Å². The highest BCUT2D eigenvalue weighted by Gasteiger charge is 2.26. The van der Waals surface area contributed by atoms with Crippen LogP contribution in [-0.2, 0) is 22.4 Å². The van der Waals surface area contributed by atoms with Gasteiger partial charge in [-0.3, -0.25) is 4.79 Å². The van der Waals surface area contributed by atoms with Crippen LogP contribution in [0.25, 0.3) is 0 Å². The Morgan fingerprint density at radius 3 is 2.75 bits per heavy atom. The van der Waals surface area contributed by atoms with Crippen molar-refractivity contribution in [3.63, 3.8) is 0 Å². The molecule has 130 valence electrons. The minimum Gasteiger partial charge on any atom is -0.364 e. The molecule has 2 heterocycles. The minimum atomic E-state index is 0.0180. The second-order valence-corrected chi connectivity index (χ2v) is 8.10. The Bertz CT molecular complexity index is 639. The van der Waals surface area contributed by atoms with Crippen LogP contribution >= 0.6 is 11.3 Å². The molecule has 0 unspecified atom stereocenters. The van der Waals surface area contributed by atoms with Gasteiger partial charge in [0.25, 0.3) is 0 Å². The SMILES string of the molecule is C[C@H]1C[NH+](CCC(=O)Nc2sc3c(c2C#N)CCCC3)C[C@H](C)O1. The Labute approximate surface area is 147 Å². The van der Waals surface area contributed by atoms with Crippen LogP contribution in [-0.4, -0.2) is 37.7 Å². The first-order valence-corrected chi connectivity index (χ1v) is 9.72.